The third-order valence-electron chi connectivity index (χ3n) is 5.71. The number of piperidine rings is 1. The highest BCUT2D eigenvalue weighted by atomic mass is 35.5. The van der Waals surface area contributed by atoms with Gasteiger partial charge in [-0.05, 0) is 61.5 Å². The van der Waals surface area contributed by atoms with Crippen molar-refractivity contribution in [3.8, 4) is 0 Å². The Morgan fingerprint density at radius 2 is 1.69 bits per heavy atom. The fourth-order valence-electron chi connectivity index (χ4n) is 3.93. The van der Waals surface area contributed by atoms with Crippen LogP contribution in [0.4, 0.5) is 4.39 Å². The van der Waals surface area contributed by atoms with E-state index in [-0.39, 0.29) is 42.0 Å². The first kappa shape index (κ1) is 23.4. The van der Waals surface area contributed by atoms with Crippen LogP contribution in [0.1, 0.15) is 43.9 Å². The predicted octanol–water partition coefficient (Wildman–Crippen LogP) is 5.02. The molecule has 0 bridgehead atoms. The van der Waals surface area contributed by atoms with Crippen LogP contribution in [0.25, 0.3) is 0 Å². The van der Waals surface area contributed by atoms with E-state index in [1.807, 2.05) is 6.07 Å². The topological polar surface area (TPSA) is 32.3 Å². The molecule has 1 aliphatic rings. The molecule has 29 heavy (non-hydrogen) atoms. The molecule has 3 rings (SSSR count). The van der Waals surface area contributed by atoms with Gasteiger partial charge in [0.25, 0.3) is 0 Å². The summed E-state index contributed by atoms with van der Waals surface area (Å²) in [6.07, 6.45) is 2.85. The largest absolute Gasteiger partial charge is 0.349 e. The number of halogens is 2. The molecule has 2 aromatic carbocycles. The lowest BCUT2D eigenvalue weighted by atomic mass is 9.92. The highest BCUT2D eigenvalue weighted by Gasteiger charge is 2.27. The van der Waals surface area contributed by atoms with Crippen LogP contribution >= 0.6 is 12.4 Å². The summed E-state index contributed by atoms with van der Waals surface area (Å²) in [4.78, 5) is 15.3. The monoisotopic (exact) mass is 418 g/mol. The van der Waals surface area contributed by atoms with Gasteiger partial charge in [0.15, 0.2) is 0 Å². The van der Waals surface area contributed by atoms with Crippen molar-refractivity contribution in [1.82, 2.24) is 10.2 Å². The Morgan fingerprint density at radius 1 is 1.07 bits per heavy atom. The third kappa shape index (κ3) is 6.83. The lowest BCUT2D eigenvalue weighted by Crippen LogP contribution is -2.42. The first-order chi connectivity index (χ1) is 13.5. The van der Waals surface area contributed by atoms with Gasteiger partial charge >= 0.3 is 0 Å². The number of hydrogen-bond donors (Lipinski definition) is 1. The number of nitrogens with zero attached hydrogens (tertiary/aromatic N) is 1. The number of nitrogens with one attached hydrogen (secondary N) is 1. The number of benzene rings is 2. The Hall–Kier alpha value is -1.91. The predicted molar refractivity (Wildman–Crippen MR) is 119 cm³/mol. The van der Waals surface area contributed by atoms with E-state index in [0.29, 0.717) is 0 Å². The smallest absolute Gasteiger partial charge is 0.223 e. The highest BCUT2D eigenvalue weighted by molar-refractivity contribution is 5.85. The van der Waals surface area contributed by atoms with Crippen LogP contribution < -0.4 is 5.32 Å². The van der Waals surface area contributed by atoms with E-state index < -0.39 is 0 Å². The molecule has 1 saturated heterocycles. The maximum Gasteiger partial charge on any atom is 0.223 e. The Morgan fingerprint density at radius 3 is 2.28 bits per heavy atom. The summed E-state index contributed by atoms with van der Waals surface area (Å²) in [5.41, 5.74) is 2.33. The zero-order valence-corrected chi connectivity index (χ0v) is 18.1. The Kier molecular flexibility index (Phi) is 9.12. The van der Waals surface area contributed by atoms with Crippen molar-refractivity contribution in [1.29, 1.82) is 0 Å². The van der Waals surface area contributed by atoms with E-state index in [1.54, 1.807) is 12.1 Å². The van der Waals surface area contributed by atoms with Gasteiger partial charge in [-0.15, -0.1) is 12.4 Å². The summed E-state index contributed by atoms with van der Waals surface area (Å²) in [6, 6.07) is 16.9. The van der Waals surface area contributed by atoms with Crippen molar-refractivity contribution in [2.45, 2.75) is 39.2 Å². The van der Waals surface area contributed by atoms with Crippen molar-refractivity contribution in [2.75, 3.05) is 19.6 Å². The molecular formula is C24H32ClFN2O. The van der Waals surface area contributed by atoms with Crippen molar-refractivity contribution in [2.24, 2.45) is 11.8 Å². The molecule has 0 spiro atoms. The average molecular weight is 419 g/mol. The molecule has 1 amide bonds. The number of amides is 1. The summed E-state index contributed by atoms with van der Waals surface area (Å²) in [6.45, 7) is 7.14. The summed E-state index contributed by atoms with van der Waals surface area (Å²) in [5, 5.41) is 3.21. The number of carbonyl (C=O) groups is 1. The number of likely N-dealkylation sites (tertiary alicyclic amines) is 1. The quantitative estimate of drug-likeness (QED) is 0.685. The minimum atomic E-state index is -0.250. The molecule has 3 nitrogen and oxygen atoms in total. The molecule has 0 aromatic heterocycles. The number of hydrogen-bond acceptors (Lipinski definition) is 2. The van der Waals surface area contributed by atoms with E-state index in [0.717, 1.165) is 44.5 Å². The first-order valence-electron chi connectivity index (χ1n) is 10.3. The molecule has 0 unspecified atom stereocenters. The number of rotatable bonds is 7. The van der Waals surface area contributed by atoms with Gasteiger partial charge in [-0.25, -0.2) is 4.39 Å². The fraction of sp³-hybridized carbons (Fsp3) is 0.458. The third-order valence-corrected chi connectivity index (χ3v) is 5.71. The molecule has 1 heterocycles. The van der Waals surface area contributed by atoms with Gasteiger partial charge in [0.2, 0.25) is 5.91 Å². The van der Waals surface area contributed by atoms with Gasteiger partial charge in [-0.1, -0.05) is 56.3 Å². The van der Waals surface area contributed by atoms with Crippen molar-refractivity contribution in [3.05, 3.63) is 71.5 Å². The van der Waals surface area contributed by atoms with Crippen LogP contribution in [0.3, 0.4) is 0 Å². The normalized spacial score (nSPS) is 16.3. The van der Waals surface area contributed by atoms with Gasteiger partial charge in [-0.2, -0.15) is 0 Å². The zero-order valence-electron chi connectivity index (χ0n) is 17.3. The second-order valence-electron chi connectivity index (χ2n) is 8.13. The second kappa shape index (κ2) is 11.3. The van der Waals surface area contributed by atoms with Gasteiger partial charge in [0.1, 0.15) is 5.82 Å². The maximum atomic E-state index is 13.2. The van der Waals surface area contributed by atoms with Crippen molar-refractivity contribution >= 4 is 18.3 Å². The van der Waals surface area contributed by atoms with Crippen molar-refractivity contribution in [3.63, 3.8) is 0 Å². The van der Waals surface area contributed by atoms with Crippen LogP contribution in [0.15, 0.2) is 54.6 Å². The molecule has 0 aliphatic carbocycles. The van der Waals surface area contributed by atoms with Crippen LogP contribution in [-0.2, 0) is 11.2 Å². The van der Waals surface area contributed by atoms with Crippen LogP contribution in [0, 0.1) is 17.7 Å². The molecule has 1 aliphatic heterocycles. The molecular weight excluding hydrogens is 387 g/mol. The zero-order chi connectivity index (χ0) is 19.9. The van der Waals surface area contributed by atoms with E-state index >= 15 is 0 Å². The van der Waals surface area contributed by atoms with Gasteiger partial charge in [0.05, 0.1) is 6.04 Å². The second-order valence-corrected chi connectivity index (χ2v) is 8.13. The summed E-state index contributed by atoms with van der Waals surface area (Å²) in [5.74, 6) is 0.196. The standard InChI is InChI=1S/C24H31FN2O.ClH/c1-18(2)23(20-8-10-22(25)11-9-20)26-24(28)21-13-16-27(17-14-21)15-12-19-6-4-3-5-7-19;/h3-11,18,21,23H,12-17H2,1-2H3,(H,26,28);1H/t23-;/m0./s1. The van der Waals surface area contributed by atoms with Crippen LogP contribution in [0.5, 0.6) is 0 Å². The molecule has 5 heteroatoms. The molecule has 1 N–H and O–H groups in total. The molecule has 158 valence electrons. The van der Waals surface area contributed by atoms with E-state index in [1.165, 1.54) is 17.7 Å². The Balaban J connectivity index is 0.00000300. The van der Waals surface area contributed by atoms with E-state index in [9.17, 15) is 9.18 Å². The lowest BCUT2D eigenvalue weighted by Gasteiger charge is -2.33. The van der Waals surface area contributed by atoms with Crippen LogP contribution in [-0.4, -0.2) is 30.4 Å². The molecule has 0 radical (unpaired) electrons. The lowest BCUT2D eigenvalue weighted by molar-refractivity contribution is -0.127. The minimum absolute atomic E-state index is 0. The minimum Gasteiger partial charge on any atom is -0.349 e. The first-order valence-corrected chi connectivity index (χ1v) is 10.3. The van der Waals surface area contributed by atoms with E-state index in [2.05, 4.69) is 48.3 Å². The van der Waals surface area contributed by atoms with Gasteiger partial charge in [0, 0.05) is 12.5 Å². The average Bonchev–Trinajstić information content (AvgIpc) is 2.72. The Labute approximate surface area is 180 Å². The Bertz CT molecular complexity index is 743. The SMILES string of the molecule is CC(C)[C@H](NC(=O)C1CCN(CCc2ccccc2)CC1)c1ccc(F)cc1.Cl. The molecule has 1 fully saturated rings. The number of carbonyl (C=O) groups excluding carboxylic acids is 1. The summed E-state index contributed by atoms with van der Waals surface area (Å²) >= 11 is 0. The maximum absolute atomic E-state index is 13.2. The highest BCUT2D eigenvalue weighted by Crippen LogP contribution is 2.24. The fourth-order valence-corrected chi connectivity index (χ4v) is 3.93. The molecule has 2 aromatic rings. The summed E-state index contributed by atoms with van der Waals surface area (Å²) in [7, 11) is 0. The molecule has 0 saturated carbocycles. The molecule has 1 atom stereocenters. The van der Waals surface area contributed by atoms with Crippen LogP contribution in [0.2, 0.25) is 0 Å². The van der Waals surface area contributed by atoms with E-state index in [4.69, 9.17) is 0 Å². The van der Waals surface area contributed by atoms with Crippen molar-refractivity contribution < 1.29 is 9.18 Å². The van der Waals surface area contributed by atoms with Gasteiger partial charge in [-0.3, -0.25) is 4.79 Å². The van der Waals surface area contributed by atoms with Gasteiger partial charge < -0.3 is 10.2 Å². The summed E-state index contributed by atoms with van der Waals surface area (Å²) < 4.78 is 13.2.